The van der Waals surface area contributed by atoms with Crippen molar-refractivity contribution in [1.29, 1.82) is 0 Å². The van der Waals surface area contributed by atoms with Crippen LogP contribution in [0, 0.1) is 0 Å². The predicted octanol–water partition coefficient (Wildman–Crippen LogP) is 3.54. The first-order valence-corrected chi connectivity index (χ1v) is 9.10. The van der Waals surface area contributed by atoms with Gasteiger partial charge in [0.15, 0.2) is 0 Å². The van der Waals surface area contributed by atoms with Gasteiger partial charge in [-0.05, 0) is 41.0 Å². The minimum absolute atomic E-state index is 0.179. The molecule has 0 saturated carbocycles. The summed E-state index contributed by atoms with van der Waals surface area (Å²) in [5.41, 5.74) is 5.67. The van der Waals surface area contributed by atoms with Crippen molar-refractivity contribution < 1.29 is 9.90 Å². The standard InChI is InChI=1S/C23H23N3O2/c27-22-13-11-19(12-14-22)15-24-25-23(28)18-26(16-20-7-3-1-4-8-20)17-21-9-5-2-6-10-21/h1-15,27H,16-18H2,(H,25,28)/b24-15+. The summed E-state index contributed by atoms with van der Waals surface area (Å²) in [5.74, 6) is 0.0144. The summed E-state index contributed by atoms with van der Waals surface area (Å²) in [6, 6.07) is 26.8. The lowest BCUT2D eigenvalue weighted by Crippen LogP contribution is -2.34. The van der Waals surface area contributed by atoms with Gasteiger partial charge in [-0.15, -0.1) is 0 Å². The molecule has 0 bridgehead atoms. The Morgan fingerprint density at radius 3 is 1.93 bits per heavy atom. The van der Waals surface area contributed by atoms with Crippen LogP contribution in [-0.2, 0) is 17.9 Å². The van der Waals surface area contributed by atoms with E-state index in [1.165, 1.54) is 0 Å². The van der Waals surface area contributed by atoms with Gasteiger partial charge in [0.05, 0.1) is 12.8 Å². The van der Waals surface area contributed by atoms with Gasteiger partial charge in [0.1, 0.15) is 5.75 Å². The molecule has 0 aliphatic carbocycles. The molecule has 0 radical (unpaired) electrons. The Kier molecular flexibility index (Phi) is 6.93. The number of nitrogens with one attached hydrogen (secondary N) is 1. The molecule has 0 spiro atoms. The number of hydrogen-bond donors (Lipinski definition) is 2. The monoisotopic (exact) mass is 373 g/mol. The number of hydrazone groups is 1. The highest BCUT2D eigenvalue weighted by molar-refractivity contribution is 5.83. The molecular weight excluding hydrogens is 350 g/mol. The second-order valence-corrected chi connectivity index (χ2v) is 6.50. The zero-order chi connectivity index (χ0) is 19.6. The van der Waals surface area contributed by atoms with E-state index in [2.05, 4.69) is 39.7 Å². The van der Waals surface area contributed by atoms with E-state index in [1.54, 1.807) is 30.5 Å². The molecule has 0 fully saturated rings. The fraction of sp³-hybridized carbons (Fsp3) is 0.130. The number of carbonyl (C=O) groups excluding carboxylic acids is 1. The van der Waals surface area contributed by atoms with Gasteiger partial charge in [0, 0.05) is 13.1 Å². The number of phenols is 1. The van der Waals surface area contributed by atoms with Crippen LogP contribution < -0.4 is 5.43 Å². The molecule has 0 heterocycles. The minimum Gasteiger partial charge on any atom is -0.508 e. The third kappa shape index (κ3) is 6.37. The van der Waals surface area contributed by atoms with Gasteiger partial charge in [-0.3, -0.25) is 9.69 Å². The summed E-state index contributed by atoms with van der Waals surface area (Å²) >= 11 is 0. The van der Waals surface area contributed by atoms with E-state index in [0.717, 1.165) is 16.7 Å². The normalized spacial score (nSPS) is 11.0. The highest BCUT2D eigenvalue weighted by atomic mass is 16.3. The molecule has 5 heteroatoms. The van der Waals surface area contributed by atoms with Crippen LogP contribution >= 0.6 is 0 Å². The molecule has 1 amide bonds. The number of aromatic hydroxyl groups is 1. The molecule has 0 aliphatic heterocycles. The van der Waals surface area contributed by atoms with Crippen molar-refractivity contribution in [2.45, 2.75) is 13.1 Å². The minimum atomic E-state index is -0.179. The molecule has 0 atom stereocenters. The maximum absolute atomic E-state index is 12.4. The maximum atomic E-state index is 12.4. The third-order valence-corrected chi connectivity index (χ3v) is 4.16. The zero-order valence-electron chi connectivity index (χ0n) is 15.5. The number of phenolic OH excluding ortho intramolecular Hbond substituents is 1. The van der Waals surface area contributed by atoms with Gasteiger partial charge in [0.25, 0.3) is 5.91 Å². The first-order chi connectivity index (χ1) is 13.7. The lowest BCUT2D eigenvalue weighted by molar-refractivity contribution is -0.122. The first-order valence-electron chi connectivity index (χ1n) is 9.10. The fourth-order valence-corrected chi connectivity index (χ4v) is 2.83. The highest BCUT2D eigenvalue weighted by Gasteiger charge is 2.12. The summed E-state index contributed by atoms with van der Waals surface area (Å²) in [6.45, 7) is 1.58. The van der Waals surface area contributed by atoms with E-state index in [9.17, 15) is 9.90 Å². The van der Waals surface area contributed by atoms with E-state index < -0.39 is 0 Å². The van der Waals surface area contributed by atoms with Crippen molar-refractivity contribution in [2.24, 2.45) is 5.10 Å². The molecule has 2 N–H and O–H groups in total. The quantitative estimate of drug-likeness (QED) is 0.469. The Bertz CT molecular complexity index is 853. The van der Waals surface area contributed by atoms with Crippen molar-refractivity contribution in [3.63, 3.8) is 0 Å². The number of rotatable bonds is 8. The maximum Gasteiger partial charge on any atom is 0.254 e. The van der Waals surface area contributed by atoms with Gasteiger partial charge in [-0.1, -0.05) is 60.7 Å². The lowest BCUT2D eigenvalue weighted by atomic mass is 10.1. The topological polar surface area (TPSA) is 64.9 Å². The van der Waals surface area contributed by atoms with Gasteiger partial charge >= 0.3 is 0 Å². The van der Waals surface area contributed by atoms with Crippen LogP contribution in [0.3, 0.4) is 0 Å². The van der Waals surface area contributed by atoms with E-state index in [4.69, 9.17) is 0 Å². The predicted molar refractivity (Wildman–Crippen MR) is 111 cm³/mol. The van der Waals surface area contributed by atoms with Crippen molar-refractivity contribution in [1.82, 2.24) is 10.3 Å². The number of benzene rings is 3. The van der Waals surface area contributed by atoms with Gasteiger partial charge in [-0.2, -0.15) is 5.10 Å². The zero-order valence-corrected chi connectivity index (χ0v) is 15.5. The van der Waals surface area contributed by atoms with Crippen molar-refractivity contribution in [3.8, 4) is 5.75 Å². The average Bonchev–Trinajstić information content (AvgIpc) is 2.71. The molecule has 0 unspecified atom stereocenters. The summed E-state index contributed by atoms with van der Waals surface area (Å²) in [5, 5.41) is 13.3. The SMILES string of the molecule is O=C(CN(Cc1ccccc1)Cc1ccccc1)N/N=C/c1ccc(O)cc1. The average molecular weight is 373 g/mol. The number of amides is 1. The Morgan fingerprint density at radius 1 is 0.857 bits per heavy atom. The number of hydrogen-bond acceptors (Lipinski definition) is 4. The third-order valence-electron chi connectivity index (χ3n) is 4.16. The molecule has 142 valence electrons. The summed E-state index contributed by atoms with van der Waals surface area (Å²) in [6.07, 6.45) is 1.55. The molecule has 0 aromatic heterocycles. The molecule has 0 aliphatic rings. The van der Waals surface area contributed by atoms with Gasteiger partial charge < -0.3 is 5.11 Å². The Morgan fingerprint density at radius 2 is 1.39 bits per heavy atom. The van der Waals surface area contributed by atoms with Crippen LogP contribution in [-0.4, -0.2) is 28.7 Å². The van der Waals surface area contributed by atoms with Gasteiger partial charge in [0.2, 0.25) is 0 Å². The molecule has 28 heavy (non-hydrogen) atoms. The van der Waals surface area contributed by atoms with Crippen molar-refractivity contribution in [3.05, 3.63) is 102 Å². The van der Waals surface area contributed by atoms with Crippen LogP contribution in [0.1, 0.15) is 16.7 Å². The second-order valence-electron chi connectivity index (χ2n) is 6.50. The Labute approximate surface area is 165 Å². The number of carbonyl (C=O) groups is 1. The summed E-state index contributed by atoms with van der Waals surface area (Å²) in [4.78, 5) is 14.5. The van der Waals surface area contributed by atoms with Crippen LogP contribution in [0.15, 0.2) is 90.0 Å². The summed E-state index contributed by atoms with van der Waals surface area (Å²) < 4.78 is 0. The van der Waals surface area contributed by atoms with Crippen LogP contribution in [0.25, 0.3) is 0 Å². The second kappa shape index (κ2) is 10.0. The number of nitrogens with zero attached hydrogens (tertiary/aromatic N) is 2. The van der Waals surface area contributed by atoms with Crippen LogP contribution in [0.5, 0.6) is 5.75 Å². The van der Waals surface area contributed by atoms with Crippen molar-refractivity contribution in [2.75, 3.05) is 6.54 Å². The van der Waals surface area contributed by atoms with Crippen molar-refractivity contribution >= 4 is 12.1 Å². The van der Waals surface area contributed by atoms with E-state index in [-0.39, 0.29) is 18.2 Å². The molecule has 5 nitrogen and oxygen atoms in total. The molecule has 3 rings (SSSR count). The van der Waals surface area contributed by atoms with Gasteiger partial charge in [-0.25, -0.2) is 5.43 Å². The fourth-order valence-electron chi connectivity index (χ4n) is 2.83. The van der Waals surface area contributed by atoms with E-state index >= 15 is 0 Å². The van der Waals surface area contributed by atoms with E-state index in [1.807, 2.05) is 36.4 Å². The Balaban J connectivity index is 1.60. The molecular formula is C23H23N3O2. The molecule has 3 aromatic rings. The van der Waals surface area contributed by atoms with Crippen LogP contribution in [0.2, 0.25) is 0 Å². The first kappa shape index (κ1) is 19.3. The largest absolute Gasteiger partial charge is 0.508 e. The van der Waals surface area contributed by atoms with E-state index in [0.29, 0.717) is 13.1 Å². The van der Waals surface area contributed by atoms with Crippen LogP contribution in [0.4, 0.5) is 0 Å². The smallest absolute Gasteiger partial charge is 0.254 e. The molecule has 3 aromatic carbocycles. The lowest BCUT2D eigenvalue weighted by Gasteiger charge is -2.21. The molecule has 0 saturated heterocycles. The highest BCUT2D eigenvalue weighted by Crippen LogP contribution is 2.10. The Hall–Kier alpha value is -3.44. The summed E-state index contributed by atoms with van der Waals surface area (Å²) in [7, 11) is 0.